The molecule has 7 nitrogen and oxygen atoms in total. The van der Waals surface area contributed by atoms with E-state index in [0.29, 0.717) is 16.3 Å². The number of thiazole rings is 1. The van der Waals surface area contributed by atoms with Gasteiger partial charge in [0, 0.05) is 17.1 Å². The zero-order valence-electron chi connectivity index (χ0n) is 12.1. The van der Waals surface area contributed by atoms with Crippen molar-refractivity contribution in [2.75, 3.05) is 5.73 Å². The summed E-state index contributed by atoms with van der Waals surface area (Å²) in [6.07, 6.45) is 1.61. The molecule has 0 spiro atoms. The molecule has 5 N–H and O–H groups in total. The highest BCUT2D eigenvalue weighted by Gasteiger charge is 2.20. The third-order valence-corrected chi connectivity index (χ3v) is 4.05. The first kappa shape index (κ1) is 14.9. The van der Waals surface area contributed by atoms with E-state index in [1.807, 2.05) is 6.92 Å². The maximum atomic E-state index is 11.7. The molecule has 0 radical (unpaired) electrons. The number of phenols is 1. The molecule has 0 fully saturated rings. The molecule has 116 valence electrons. The molecule has 0 unspecified atom stereocenters. The maximum Gasteiger partial charge on any atom is 0.269 e. The summed E-state index contributed by atoms with van der Waals surface area (Å²) >= 11 is 1.34. The monoisotopic (exact) mass is 327 g/mol. The van der Waals surface area contributed by atoms with Crippen LogP contribution in [0, 0.1) is 6.92 Å². The summed E-state index contributed by atoms with van der Waals surface area (Å²) in [7, 11) is 0. The standard InChI is InChI=1S/C15H13N5O2S/c1-7-2-3-8(21)6-9(7)11-10(16)12(13(17)22)20-14(19-11)15-18-4-5-23-15/h2-6,21H,16H2,1H3,(H2,17,22). The Bertz CT molecular complexity index is 893. The molecule has 3 rings (SSSR count). The molecule has 23 heavy (non-hydrogen) atoms. The number of primary amides is 1. The number of nitrogens with two attached hydrogens (primary N) is 2. The molecule has 2 aromatic heterocycles. The highest BCUT2D eigenvalue weighted by Crippen LogP contribution is 2.33. The number of carbonyl (C=O) groups is 1. The number of aryl methyl sites for hydroxylation is 1. The minimum Gasteiger partial charge on any atom is -0.508 e. The van der Waals surface area contributed by atoms with Crippen molar-refractivity contribution in [2.24, 2.45) is 5.73 Å². The number of benzene rings is 1. The van der Waals surface area contributed by atoms with Crippen molar-refractivity contribution in [2.45, 2.75) is 6.92 Å². The summed E-state index contributed by atoms with van der Waals surface area (Å²) in [5.41, 5.74) is 13.2. The van der Waals surface area contributed by atoms with Gasteiger partial charge in [0.25, 0.3) is 5.91 Å². The molecule has 0 bridgehead atoms. The third kappa shape index (κ3) is 2.71. The second-order valence-electron chi connectivity index (χ2n) is 4.86. The molecule has 0 aliphatic carbocycles. The molecule has 1 aromatic carbocycles. The number of phenolic OH excluding ortho intramolecular Hbond substituents is 1. The number of rotatable bonds is 3. The minimum absolute atomic E-state index is 0.0667. The van der Waals surface area contributed by atoms with E-state index in [-0.39, 0.29) is 23.0 Å². The molecule has 0 saturated heterocycles. The minimum atomic E-state index is -0.748. The van der Waals surface area contributed by atoms with Gasteiger partial charge in [-0.3, -0.25) is 4.79 Å². The lowest BCUT2D eigenvalue weighted by Crippen LogP contribution is -2.18. The largest absolute Gasteiger partial charge is 0.508 e. The van der Waals surface area contributed by atoms with Gasteiger partial charge in [-0.2, -0.15) is 0 Å². The maximum absolute atomic E-state index is 11.7. The first-order chi connectivity index (χ1) is 11.0. The summed E-state index contributed by atoms with van der Waals surface area (Å²) in [4.78, 5) is 24.4. The molecular weight excluding hydrogens is 314 g/mol. The Labute approximate surface area is 135 Å². The van der Waals surface area contributed by atoms with Gasteiger partial charge in [-0.15, -0.1) is 11.3 Å². The number of aromatic hydroxyl groups is 1. The van der Waals surface area contributed by atoms with Crippen LogP contribution < -0.4 is 11.5 Å². The highest BCUT2D eigenvalue weighted by atomic mass is 32.1. The molecular formula is C15H13N5O2S. The Hall–Kier alpha value is -3.00. The summed E-state index contributed by atoms with van der Waals surface area (Å²) < 4.78 is 0. The summed E-state index contributed by atoms with van der Waals surface area (Å²) in [5, 5.41) is 12.1. The molecule has 1 amide bonds. The fraction of sp³-hybridized carbons (Fsp3) is 0.0667. The number of carbonyl (C=O) groups excluding carboxylic acids is 1. The van der Waals surface area contributed by atoms with Gasteiger partial charge in [0.2, 0.25) is 0 Å². The van der Waals surface area contributed by atoms with Gasteiger partial charge in [0.1, 0.15) is 5.75 Å². The van der Waals surface area contributed by atoms with Gasteiger partial charge in [-0.25, -0.2) is 15.0 Å². The molecule has 0 aliphatic heterocycles. The quantitative estimate of drug-likeness (QED) is 0.674. The van der Waals surface area contributed by atoms with Crippen molar-refractivity contribution < 1.29 is 9.90 Å². The molecule has 0 saturated carbocycles. The Morgan fingerprint density at radius 2 is 2.09 bits per heavy atom. The smallest absolute Gasteiger partial charge is 0.269 e. The number of nitrogen functional groups attached to an aromatic ring is 1. The lowest BCUT2D eigenvalue weighted by atomic mass is 10.0. The summed E-state index contributed by atoms with van der Waals surface area (Å²) in [6.45, 7) is 1.85. The zero-order valence-corrected chi connectivity index (χ0v) is 13.0. The van der Waals surface area contributed by atoms with Gasteiger partial charge in [0.15, 0.2) is 16.5 Å². The number of hydrogen-bond acceptors (Lipinski definition) is 7. The lowest BCUT2D eigenvalue weighted by molar-refractivity contribution is 0.0996. The number of amides is 1. The molecule has 8 heteroatoms. The number of hydrogen-bond donors (Lipinski definition) is 3. The van der Waals surface area contributed by atoms with E-state index in [1.165, 1.54) is 17.4 Å². The average Bonchev–Trinajstić information content (AvgIpc) is 3.04. The van der Waals surface area contributed by atoms with Crippen LogP contribution in [0.2, 0.25) is 0 Å². The third-order valence-electron chi connectivity index (χ3n) is 3.28. The van der Waals surface area contributed by atoms with Gasteiger partial charge >= 0.3 is 0 Å². The van der Waals surface area contributed by atoms with Crippen LogP contribution in [0.4, 0.5) is 5.69 Å². The van der Waals surface area contributed by atoms with E-state index in [2.05, 4.69) is 15.0 Å². The van der Waals surface area contributed by atoms with Crippen molar-refractivity contribution >= 4 is 22.9 Å². The van der Waals surface area contributed by atoms with Gasteiger partial charge in [-0.05, 0) is 24.6 Å². The number of anilines is 1. The van der Waals surface area contributed by atoms with Crippen molar-refractivity contribution in [1.29, 1.82) is 0 Å². The van der Waals surface area contributed by atoms with Gasteiger partial charge in [0.05, 0.1) is 11.4 Å². The van der Waals surface area contributed by atoms with Crippen LogP contribution in [0.3, 0.4) is 0 Å². The van der Waals surface area contributed by atoms with Crippen molar-refractivity contribution in [3.8, 4) is 27.8 Å². The SMILES string of the molecule is Cc1ccc(O)cc1-c1nc(-c2nccs2)nc(C(N)=O)c1N. The van der Waals surface area contributed by atoms with Crippen LogP contribution in [0.5, 0.6) is 5.75 Å². The molecule has 3 aromatic rings. The van der Waals surface area contributed by atoms with Crippen LogP contribution in [0.15, 0.2) is 29.8 Å². The topological polar surface area (TPSA) is 128 Å². The first-order valence-corrected chi connectivity index (χ1v) is 7.52. The normalized spacial score (nSPS) is 10.7. The summed E-state index contributed by atoms with van der Waals surface area (Å²) in [6, 6.07) is 4.83. The van der Waals surface area contributed by atoms with E-state index >= 15 is 0 Å². The Morgan fingerprint density at radius 3 is 2.74 bits per heavy atom. The fourth-order valence-corrected chi connectivity index (χ4v) is 2.73. The first-order valence-electron chi connectivity index (χ1n) is 6.64. The Balaban J connectivity index is 2.31. The Morgan fingerprint density at radius 1 is 1.30 bits per heavy atom. The lowest BCUT2D eigenvalue weighted by Gasteiger charge is -2.12. The Kier molecular flexibility index (Phi) is 3.67. The van der Waals surface area contributed by atoms with Crippen molar-refractivity contribution in [3.05, 3.63) is 41.0 Å². The fourth-order valence-electron chi connectivity index (χ4n) is 2.16. The molecule has 0 aliphatic rings. The van der Waals surface area contributed by atoms with Gasteiger partial charge in [-0.1, -0.05) is 6.07 Å². The highest BCUT2D eigenvalue weighted by molar-refractivity contribution is 7.13. The van der Waals surface area contributed by atoms with Crippen LogP contribution in [0.25, 0.3) is 22.1 Å². The summed E-state index contributed by atoms with van der Waals surface area (Å²) in [5.74, 6) is -0.414. The van der Waals surface area contributed by atoms with Crippen molar-refractivity contribution in [3.63, 3.8) is 0 Å². The van der Waals surface area contributed by atoms with Gasteiger partial charge < -0.3 is 16.6 Å². The van der Waals surface area contributed by atoms with Crippen LogP contribution in [0.1, 0.15) is 16.1 Å². The zero-order chi connectivity index (χ0) is 16.6. The number of aromatic nitrogens is 3. The van der Waals surface area contributed by atoms with E-state index in [9.17, 15) is 9.90 Å². The second-order valence-corrected chi connectivity index (χ2v) is 5.75. The van der Waals surface area contributed by atoms with Crippen LogP contribution in [-0.4, -0.2) is 26.0 Å². The number of nitrogens with zero attached hydrogens (tertiary/aromatic N) is 3. The van der Waals surface area contributed by atoms with Crippen LogP contribution in [-0.2, 0) is 0 Å². The van der Waals surface area contributed by atoms with E-state index in [4.69, 9.17) is 11.5 Å². The van der Waals surface area contributed by atoms with E-state index in [0.717, 1.165) is 5.56 Å². The van der Waals surface area contributed by atoms with E-state index < -0.39 is 5.91 Å². The van der Waals surface area contributed by atoms with Crippen LogP contribution >= 0.6 is 11.3 Å². The molecule has 2 heterocycles. The predicted octanol–water partition coefficient (Wildman–Crippen LogP) is 1.96. The average molecular weight is 327 g/mol. The second kappa shape index (κ2) is 5.65. The molecule has 0 atom stereocenters. The van der Waals surface area contributed by atoms with Crippen molar-refractivity contribution in [1.82, 2.24) is 15.0 Å². The predicted molar refractivity (Wildman–Crippen MR) is 87.9 cm³/mol. The van der Waals surface area contributed by atoms with E-state index in [1.54, 1.807) is 23.7 Å².